The van der Waals surface area contributed by atoms with E-state index in [9.17, 15) is 4.79 Å². The second-order valence-electron chi connectivity index (χ2n) is 7.27. The average Bonchev–Trinajstić information content (AvgIpc) is 2.98. The van der Waals surface area contributed by atoms with Gasteiger partial charge in [-0.1, -0.05) is 80.0 Å². The van der Waals surface area contributed by atoms with Crippen LogP contribution in [0, 0.1) is 6.92 Å². The molecule has 0 radical (unpaired) electrons. The number of rotatable bonds is 7. The van der Waals surface area contributed by atoms with Crippen molar-refractivity contribution in [3.05, 3.63) is 93.8 Å². The maximum atomic E-state index is 12.1. The number of ether oxygens (including phenoxy) is 1. The largest absolute Gasteiger partial charge is 0.458 e. The van der Waals surface area contributed by atoms with Crippen molar-refractivity contribution >= 4 is 23.6 Å². The van der Waals surface area contributed by atoms with Crippen molar-refractivity contribution in [3.8, 4) is 0 Å². The van der Waals surface area contributed by atoms with Crippen LogP contribution in [0.1, 0.15) is 47.7 Å². The fourth-order valence-corrected chi connectivity index (χ4v) is 3.27. The van der Waals surface area contributed by atoms with Gasteiger partial charge >= 0.3 is 5.97 Å². The number of nitrogens with zero attached hydrogens (tertiary/aromatic N) is 2. The van der Waals surface area contributed by atoms with Crippen LogP contribution in [0.25, 0.3) is 6.08 Å². The van der Waals surface area contributed by atoms with Crippen molar-refractivity contribution in [1.82, 2.24) is 9.78 Å². The topological polar surface area (TPSA) is 44.1 Å². The van der Waals surface area contributed by atoms with E-state index < -0.39 is 5.97 Å². The predicted molar refractivity (Wildman–Crippen MR) is 117 cm³/mol. The van der Waals surface area contributed by atoms with E-state index in [2.05, 4.69) is 31.1 Å². The van der Waals surface area contributed by atoms with E-state index in [4.69, 9.17) is 16.3 Å². The zero-order valence-electron chi connectivity index (χ0n) is 16.9. The maximum absolute atomic E-state index is 12.1. The highest BCUT2D eigenvalue weighted by molar-refractivity contribution is 6.31. The molecule has 1 heterocycles. The van der Waals surface area contributed by atoms with Gasteiger partial charge in [0, 0.05) is 11.6 Å². The minimum Gasteiger partial charge on any atom is -0.458 e. The molecule has 4 nitrogen and oxygen atoms in total. The molecule has 0 N–H and O–H groups in total. The number of aryl methyl sites for hydroxylation is 1. The van der Waals surface area contributed by atoms with E-state index in [1.807, 2.05) is 49.4 Å². The lowest BCUT2D eigenvalue weighted by Crippen LogP contribution is -2.02. The highest BCUT2D eigenvalue weighted by atomic mass is 35.5. The number of carbonyl (C=O) groups is 1. The summed E-state index contributed by atoms with van der Waals surface area (Å²) in [4.78, 5) is 12.1. The van der Waals surface area contributed by atoms with Crippen molar-refractivity contribution in [3.63, 3.8) is 0 Å². The molecule has 1 aromatic heterocycles. The van der Waals surface area contributed by atoms with Crippen LogP contribution in [0.15, 0.2) is 60.7 Å². The third kappa shape index (κ3) is 5.58. The number of carbonyl (C=O) groups excluding carboxylic acids is 1. The molecule has 0 aliphatic carbocycles. The van der Waals surface area contributed by atoms with Crippen LogP contribution >= 0.6 is 11.6 Å². The normalized spacial score (nSPS) is 11.3. The second-order valence-corrected chi connectivity index (χ2v) is 7.63. The lowest BCUT2D eigenvalue weighted by Gasteiger charge is -2.07. The van der Waals surface area contributed by atoms with Crippen molar-refractivity contribution < 1.29 is 9.53 Å². The summed E-state index contributed by atoms with van der Waals surface area (Å²) in [5.74, 6) is 0.0644. The van der Waals surface area contributed by atoms with Crippen molar-refractivity contribution in [2.75, 3.05) is 0 Å². The van der Waals surface area contributed by atoms with Crippen LogP contribution in [0.5, 0.6) is 0 Å². The maximum Gasteiger partial charge on any atom is 0.331 e. The van der Waals surface area contributed by atoms with Gasteiger partial charge in [0.2, 0.25) is 0 Å². The highest BCUT2D eigenvalue weighted by Crippen LogP contribution is 2.22. The van der Waals surface area contributed by atoms with Gasteiger partial charge in [0.05, 0.1) is 12.2 Å². The molecule has 0 fully saturated rings. The van der Waals surface area contributed by atoms with Gasteiger partial charge in [-0.2, -0.15) is 5.10 Å². The Morgan fingerprint density at radius 3 is 2.45 bits per heavy atom. The summed E-state index contributed by atoms with van der Waals surface area (Å²) in [7, 11) is 0. The first-order chi connectivity index (χ1) is 13.9. The predicted octanol–water partition coefficient (Wildman–Crippen LogP) is 5.77. The molecule has 0 unspecified atom stereocenters. The molecule has 0 aliphatic heterocycles. The first-order valence-electron chi connectivity index (χ1n) is 9.64. The smallest absolute Gasteiger partial charge is 0.331 e. The third-order valence-corrected chi connectivity index (χ3v) is 5.10. The van der Waals surface area contributed by atoms with E-state index >= 15 is 0 Å². The fourth-order valence-electron chi connectivity index (χ4n) is 2.97. The quantitative estimate of drug-likeness (QED) is 0.368. The Balaban J connectivity index is 1.61. The van der Waals surface area contributed by atoms with Gasteiger partial charge in [0.25, 0.3) is 0 Å². The molecule has 150 valence electrons. The molecule has 0 aliphatic rings. The summed E-state index contributed by atoms with van der Waals surface area (Å²) >= 11 is 6.47. The van der Waals surface area contributed by atoms with E-state index in [0.717, 1.165) is 22.4 Å². The lowest BCUT2D eigenvalue weighted by molar-refractivity contribution is -0.138. The number of aromatic nitrogens is 2. The number of hydrogen-bond acceptors (Lipinski definition) is 3. The van der Waals surface area contributed by atoms with Crippen LogP contribution in [0.2, 0.25) is 5.15 Å². The standard InChI is InChI=1S/C24H25ClN2O2/c1-17(2)21-11-9-20(10-12-21)16-29-23(28)14-13-22-18(3)26-27(24(22)25)15-19-7-5-4-6-8-19/h4-14,17H,15-16H2,1-3H3/b14-13+. The Bertz CT molecular complexity index is 990. The molecule has 29 heavy (non-hydrogen) atoms. The summed E-state index contributed by atoms with van der Waals surface area (Å²) in [6.45, 7) is 6.98. The molecule has 3 aromatic rings. The average molecular weight is 409 g/mol. The van der Waals surface area contributed by atoms with Gasteiger partial charge < -0.3 is 4.74 Å². The van der Waals surface area contributed by atoms with E-state index in [-0.39, 0.29) is 6.61 Å². The fraction of sp³-hybridized carbons (Fsp3) is 0.250. The monoisotopic (exact) mass is 408 g/mol. The number of halogens is 1. The van der Waals surface area contributed by atoms with Crippen LogP contribution in [-0.2, 0) is 22.7 Å². The zero-order valence-corrected chi connectivity index (χ0v) is 17.7. The Labute approximate surface area is 176 Å². The minimum absolute atomic E-state index is 0.238. The molecule has 0 amide bonds. The van der Waals surface area contributed by atoms with Gasteiger partial charge in [-0.05, 0) is 35.6 Å². The molecule has 2 aromatic carbocycles. The molecule has 3 rings (SSSR count). The van der Waals surface area contributed by atoms with Crippen LogP contribution < -0.4 is 0 Å². The highest BCUT2D eigenvalue weighted by Gasteiger charge is 2.12. The van der Waals surface area contributed by atoms with Gasteiger partial charge in [-0.3, -0.25) is 0 Å². The van der Waals surface area contributed by atoms with E-state index in [1.54, 1.807) is 10.8 Å². The molecule has 0 saturated heterocycles. The first kappa shape index (κ1) is 20.9. The summed E-state index contributed by atoms with van der Waals surface area (Å²) in [5, 5.41) is 4.98. The number of benzene rings is 2. The lowest BCUT2D eigenvalue weighted by atomic mass is 10.0. The summed E-state index contributed by atoms with van der Waals surface area (Å²) < 4.78 is 7.07. The Hall–Kier alpha value is -2.85. The Morgan fingerprint density at radius 2 is 1.79 bits per heavy atom. The van der Waals surface area contributed by atoms with Gasteiger partial charge in [0.1, 0.15) is 11.8 Å². The molecule has 0 spiro atoms. The summed E-state index contributed by atoms with van der Waals surface area (Å²) in [6.07, 6.45) is 3.06. The zero-order chi connectivity index (χ0) is 20.8. The Morgan fingerprint density at radius 1 is 1.10 bits per heavy atom. The molecular weight excluding hydrogens is 384 g/mol. The van der Waals surface area contributed by atoms with Gasteiger partial charge in [-0.25, -0.2) is 9.48 Å². The molecule has 0 atom stereocenters. The van der Waals surface area contributed by atoms with Crippen molar-refractivity contribution in [1.29, 1.82) is 0 Å². The van der Waals surface area contributed by atoms with E-state index in [1.165, 1.54) is 11.6 Å². The number of hydrogen-bond donors (Lipinski definition) is 0. The Kier molecular flexibility index (Phi) is 6.89. The van der Waals surface area contributed by atoms with Crippen LogP contribution in [0.3, 0.4) is 0 Å². The summed E-state index contributed by atoms with van der Waals surface area (Å²) in [6, 6.07) is 18.1. The van der Waals surface area contributed by atoms with Crippen LogP contribution in [0.4, 0.5) is 0 Å². The SMILES string of the molecule is Cc1nn(Cc2ccccc2)c(Cl)c1/C=C/C(=O)OCc1ccc(C(C)C)cc1. The third-order valence-electron chi connectivity index (χ3n) is 4.70. The van der Waals surface area contributed by atoms with Crippen molar-refractivity contribution in [2.45, 2.75) is 39.8 Å². The minimum atomic E-state index is -0.413. The van der Waals surface area contributed by atoms with E-state index in [0.29, 0.717) is 17.6 Å². The summed E-state index contributed by atoms with van der Waals surface area (Å²) in [5.41, 5.74) is 4.81. The second kappa shape index (κ2) is 9.57. The molecular formula is C24H25ClN2O2. The molecule has 0 saturated carbocycles. The number of esters is 1. The molecule has 0 bridgehead atoms. The van der Waals surface area contributed by atoms with Gasteiger partial charge in [0.15, 0.2) is 0 Å². The molecule has 5 heteroatoms. The van der Waals surface area contributed by atoms with Crippen LogP contribution in [-0.4, -0.2) is 15.7 Å². The first-order valence-corrected chi connectivity index (χ1v) is 10.0. The van der Waals surface area contributed by atoms with Crippen molar-refractivity contribution in [2.24, 2.45) is 0 Å². The van der Waals surface area contributed by atoms with Gasteiger partial charge in [-0.15, -0.1) is 0 Å².